The third-order valence-electron chi connectivity index (χ3n) is 3.77. The Morgan fingerprint density at radius 1 is 1.38 bits per heavy atom. The predicted molar refractivity (Wildman–Crippen MR) is 62.0 cm³/mol. The Hall–Kier alpha value is -0.610. The molecule has 92 valence electrons. The number of hydrogen-bond donors (Lipinski definition) is 2. The van der Waals surface area contributed by atoms with Gasteiger partial charge in [0.05, 0.1) is 12.6 Å². The van der Waals surface area contributed by atoms with Crippen LogP contribution in [0.1, 0.15) is 32.1 Å². The largest absolute Gasteiger partial charge is 0.394 e. The summed E-state index contributed by atoms with van der Waals surface area (Å²) in [6.07, 6.45) is 5.01. The van der Waals surface area contributed by atoms with E-state index in [1.807, 2.05) is 4.90 Å². The SMILES string of the molecule is O=C(CC1CCCNC1)N1CCC[C@H]1CO. The number of rotatable bonds is 3. The van der Waals surface area contributed by atoms with E-state index < -0.39 is 0 Å². The van der Waals surface area contributed by atoms with Gasteiger partial charge in [0.15, 0.2) is 0 Å². The highest BCUT2D eigenvalue weighted by Crippen LogP contribution is 2.21. The molecule has 0 aromatic carbocycles. The van der Waals surface area contributed by atoms with Gasteiger partial charge in [-0.3, -0.25) is 4.79 Å². The molecule has 1 amide bonds. The molecule has 0 radical (unpaired) electrons. The highest BCUT2D eigenvalue weighted by Gasteiger charge is 2.29. The minimum Gasteiger partial charge on any atom is -0.394 e. The van der Waals surface area contributed by atoms with Crippen LogP contribution in [0.3, 0.4) is 0 Å². The first-order valence-corrected chi connectivity index (χ1v) is 6.42. The van der Waals surface area contributed by atoms with E-state index in [1.165, 1.54) is 6.42 Å². The van der Waals surface area contributed by atoms with Gasteiger partial charge in [0.1, 0.15) is 0 Å². The molecule has 2 aliphatic heterocycles. The molecule has 0 bridgehead atoms. The number of amides is 1. The van der Waals surface area contributed by atoms with Crippen LogP contribution in [-0.4, -0.2) is 48.2 Å². The molecule has 0 aromatic heterocycles. The highest BCUT2D eigenvalue weighted by atomic mass is 16.3. The van der Waals surface area contributed by atoms with Crippen molar-refractivity contribution in [1.82, 2.24) is 10.2 Å². The minimum atomic E-state index is 0.0871. The van der Waals surface area contributed by atoms with Crippen LogP contribution in [0.5, 0.6) is 0 Å². The van der Waals surface area contributed by atoms with Crippen molar-refractivity contribution in [2.24, 2.45) is 5.92 Å². The maximum atomic E-state index is 12.1. The maximum Gasteiger partial charge on any atom is 0.223 e. The first kappa shape index (κ1) is 11.9. The summed E-state index contributed by atoms with van der Waals surface area (Å²) in [5.41, 5.74) is 0. The van der Waals surface area contributed by atoms with Gasteiger partial charge in [-0.15, -0.1) is 0 Å². The van der Waals surface area contributed by atoms with Crippen molar-refractivity contribution in [3.8, 4) is 0 Å². The van der Waals surface area contributed by atoms with Crippen molar-refractivity contribution in [1.29, 1.82) is 0 Å². The van der Waals surface area contributed by atoms with Gasteiger partial charge in [-0.25, -0.2) is 0 Å². The molecule has 2 fully saturated rings. The number of nitrogens with zero attached hydrogens (tertiary/aromatic N) is 1. The van der Waals surface area contributed by atoms with Crippen molar-refractivity contribution < 1.29 is 9.90 Å². The Morgan fingerprint density at radius 3 is 2.94 bits per heavy atom. The summed E-state index contributed by atoms with van der Waals surface area (Å²) in [5, 5.41) is 12.5. The lowest BCUT2D eigenvalue weighted by Crippen LogP contribution is -2.40. The quantitative estimate of drug-likeness (QED) is 0.730. The van der Waals surface area contributed by atoms with E-state index in [0.29, 0.717) is 12.3 Å². The predicted octanol–water partition coefficient (Wildman–Crippen LogP) is 0.359. The van der Waals surface area contributed by atoms with Crippen LogP contribution < -0.4 is 5.32 Å². The lowest BCUT2D eigenvalue weighted by Gasteiger charge is -2.27. The molecule has 1 unspecified atom stereocenters. The van der Waals surface area contributed by atoms with E-state index in [9.17, 15) is 9.90 Å². The second-order valence-electron chi connectivity index (χ2n) is 4.98. The molecule has 0 aromatic rings. The molecule has 4 nitrogen and oxygen atoms in total. The van der Waals surface area contributed by atoms with Gasteiger partial charge >= 0.3 is 0 Å². The van der Waals surface area contributed by atoms with Crippen LogP contribution in [0.15, 0.2) is 0 Å². The number of carbonyl (C=O) groups excluding carboxylic acids is 1. The van der Waals surface area contributed by atoms with Crippen LogP contribution in [0.25, 0.3) is 0 Å². The summed E-state index contributed by atoms with van der Waals surface area (Å²) in [5.74, 6) is 0.742. The number of nitrogens with one attached hydrogen (secondary N) is 1. The zero-order valence-corrected chi connectivity index (χ0v) is 9.82. The summed E-state index contributed by atoms with van der Waals surface area (Å²) in [7, 11) is 0. The molecule has 2 rings (SSSR count). The Bertz CT molecular complexity index is 239. The van der Waals surface area contributed by atoms with Crippen LogP contribution in [0.2, 0.25) is 0 Å². The second kappa shape index (κ2) is 5.64. The third-order valence-corrected chi connectivity index (χ3v) is 3.77. The van der Waals surface area contributed by atoms with Gasteiger partial charge in [-0.1, -0.05) is 0 Å². The smallest absolute Gasteiger partial charge is 0.223 e. The molecule has 16 heavy (non-hydrogen) atoms. The Labute approximate surface area is 97.0 Å². The maximum absolute atomic E-state index is 12.1. The number of aliphatic hydroxyl groups is 1. The molecular formula is C12H22N2O2. The second-order valence-corrected chi connectivity index (χ2v) is 4.98. The third kappa shape index (κ3) is 2.74. The van der Waals surface area contributed by atoms with Gasteiger partial charge in [0.25, 0.3) is 0 Å². The fraction of sp³-hybridized carbons (Fsp3) is 0.917. The van der Waals surface area contributed by atoms with Gasteiger partial charge in [-0.2, -0.15) is 0 Å². The molecule has 2 heterocycles. The molecule has 4 heteroatoms. The number of carbonyl (C=O) groups is 1. The first-order valence-electron chi connectivity index (χ1n) is 6.42. The first-order chi connectivity index (χ1) is 7.81. The number of aliphatic hydroxyl groups excluding tert-OH is 1. The highest BCUT2D eigenvalue weighted by molar-refractivity contribution is 5.77. The molecule has 2 N–H and O–H groups in total. The van der Waals surface area contributed by atoms with E-state index in [0.717, 1.165) is 38.9 Å². The summed E-state index contributed by atoms with van der Waals surface area (Å²) in [6, 6.07) is 0.0871. The summed E-state index contributed by atoms with van der Waals surface area (Å²) >= 11 is 0. The number of piperidine rings is 1. The summed E-state index contributed by atoms with van der Waals surface area (Å²) in [4.78, 5) is 14.0. The van der Waals surface area contributed by atoms with Crippen molar-refractivity contribution in [2.45, 2.75) is 38.1 Å². The van der Waals surface area contributed by atoms with Gasteiger partial charge in [0, 0.05) is 13.0 Å². The Balaban J connectivity index is 1.82. The van der Waals surface area contributed by atoms with Crippen molar-refractivity contribution in [2.75, 3.05) is 26.2 Å². The summed E-state index contributed by atoms with van der Waals surface area (Å²) in [6.45, 7) is 3.02. The molecule has 2 aliphatic rings. The zero-order valence-electron chi connectivity index (χ0n) is 9.82. The van der Waals surface area contributed by atoms with Gasteiger partial charge in [-0.05, 0) is 44.7 Å². The van der Waals surface area contributed by atoms with Gasteiger partial charge in [0.2, 0.25) is 5.91 Å². The molecule has 2 atom stereocenters. The van der Waals surface area contributed by atoms with Gasteiger partial charge < -0.3 is 15.3 Å². The zero-order chi connectivity index (χ0) is 11.4. The topological polar surface area (TPSA) is 52.6 Å². The van der Waals surface area contributed by atoms with E-state index in [4.69, 9.17) is 0 Å². The molecular weight excluding hydrogens is 204 g/mol. The summed E-state index contributed by atoms with van der Waals surface area (Å²) < 4.78 is 0. The van der Waals surface area contributed by atoms with Crippen LogP contribution >= 0.6 is 0 Å². The Morgan fingerprint density at radius 2 is 2.25 bits per heavy atom. The van der Waals surface area contributed by atoms with Crippen molar-refractivity contribution >= 4 is 5.91 Å². The number of likely N-dealkylation sites (tertiary alicyclic amines) is 1. The van der Waals surface area contributed by atoms with E-state index in [-0.39, 0.29) is 18.6 Å². The molecule has 0 aliphatic carbocycles. The molecule has 2 saturated heterocycles. The lowest BCUT2D eigenvalue weighted by molar-refractivity contribution is -0.133. The van der Waals surface area contributed by atoms with E-state index >= 15 is 0 Å². The normalized spacial score (nSPS) is 30.7. The standard InChI is InChI=1S/C12H22N2O2/c15-9-11-4-2-6-14(11)12(16)7-10-3-1-5-13-8-10/h10-11,13,15H,1-9H2/t10?,11-/m0/s1. The van der Waals surface area contributed by atoms with E-state index in [2.05, 4.69) is 5.32 Å². The van der Waals surface area contributed by atoms with Crippen molar-refractivity contribution in [3.05, 3.63) is 0 Å². The monoisotopic (exact) mass is 226 g/mol. The van der Waals surface area contributed by atoms with Crippen molar-refractivity contribution in [3.63, 3.8) is 0 Å². The minimum absolute atomic E-state index is 0.0871. The average Bonchev–Trinajstić information content (AvgIpc) is 2.78. The fourth-order valence-corrected chi connectivity index (χ4v) is 2.82. The molecule has 0 saturated carbocycles. The van der Waals surface area contributed by atoms with E-state index in [1.54, 1.807) is 0 Å². The lowest BCUT2D eigenvalue weighted by atomic mass is 9.95. The fourth-order valence-electron chi connectivity index (χ4n) is 2.82. The molecule has 0 spiro atoms. The van der Waals surface area contributed by atoms with Crippen LogP contribution in [0.4, 0.5) is 0 Å². The van der Waals surface area contributed by atoms with Crippen LogP contribution in [0, 0.1) is 5.92 Å². The Kier molecular flexibility index (Phi) is 4.18. The number of hydrogen-bond acceptors (Lipinski definition) is 3. The van der Waals surface area contributed by atoms with Crippen LogP contribution in [-0.2, 0) is 4.79 Å². The average molecular weight is 226 g/mol.